The zero-order valence-electron chi connectivity index (χ0n) is 11.5. The minimum absolute atomic E-state index is 0.0945. The van der Waals surface area contributed by atoms with Gasteiger partial charge in [0.05, 0.1) is 20.3 Å². The van der Waals surface area contributed by atoms with Crippen molar-refractivity contribution < 1.29 is 9.47 Å². The lowest BCUT2D eigenvalue weighted by atomic mass is 9.99. The van der Waals surface area contributed by atoms with Gasteiger partial charge < -0.3 is 14.8 Å². The van der Waals surface area contributed by atoms with Crippen LogP contribution < -0.4 is 10.1 Å². The summed E-state index contributed by atoms with van der Waals surface area (Å²) < 4.78 is 10.9. The van der Waals surface area contributed by atoms with E-state index in [1.165, 1.54) is 5.56 Å². The van der Waals surface area contributed by atoms with Crippen molar-refractivity contribution in [2.24, 2.45) is 0 Å². The molecule has 1 aromatic rings. The molecule has 2 rings (SSSR count). The smallest absolute Gasteiger partial charge is 0.119 e. The van der Waals surface area contributed by atoms with Crippen molar-refractivity contribution in [1.82, 2.24) is 5.32 Å². The van der Waals surface area contributed by atoms with Crippen LogP contribution >= 0.6 is 0 Å². The first kappa shape index (κ1) is 13.4. The van der Waals surface area contributed by atoms with Crippen LogP contribution in [-0.2, 0) is 11.2 Å². The van der Waals surface area contributed by atoms with E-state index < -0.39 is 0 Å². The second-order valence-corrected chi connectivity index (χ2v) is 5.63. The second kappa shape index (κ2) is 5.72. The maximum absolute atomic E-state index is 5.64. The maximum atomic E-state index is 5.64. The first-order chi connectivity index (χ1) is 8.59. The van der Waals surface area contributed by atoms with E-state index in [0.717, 1.165) is 31.8 Å². The number of ether oxygens (including phenoxy) is 2. The fourth-order valence-corrected chi connectivity index (χ4v) is 2.42. The van der Waals surface area contributed by atoms with Crippen LogP contribution in [0.1, 0.15) is 25.8 Å². The summed E-state index contributed by atoms with van der Waals surface area (Å²) in [6.45, 7) is 5.98. The average Bonchev–Trinajstić information content (AvgIpc) is 2.35. The Labute approximate surface area is 109 Å². The Bertz CT molecular complexity index is 390. The highest BCUT2D eigenvalue weighted by Crippen LogP contribution is 2.17. The third-order valence-electron chi connectivity index (χ3n) is 3.29. The van der Waals surface area contributed by atoms with E-state index in [4.69, 9.17) is 9.47 Å². The molecule has 1 aliphatic heterocycles. The molecular formula is C15H23NO2. The number of rotatable bonds is 4. The normalized spacial score (nSPS) is 22.7. The van der Waals surface area contributed by atoms with E-state index >= 15 is 0 Å². The molecule has 0 radical (unpaired) electrons. The number of hydrogen-bond donors (Lipinski definition) is 1. The molecule has 1 saturated heterocycles. The van der Waals surface area contributed by atoms with E-state index in [1.54, 1.807) is 7.11 Å². The summed E-state index contributed by atoms with van der Waals surface area (Å²) in [5.41, 5.74) is 1.41. The SMILES string of the molecule is COc1cccc(CCC2COCC(C)(C)N2)c1. The van der Waals surface area contributed by atoms with Gasteiger partial charge in [0.15, 0.2) is 0 Å². The number of aryl methyl sites for hydroxylation is 1. The number of morpholine rings is 1. The largest absolute Gasteiger partial charge is 0.497 e. The number of hydrogen-bond acceptors (Lipinski definition) is 3. The highest BCUT2D eigenvalue weighted by Gasteiger charge is 2.27. The third kappa shape index (κ3) is 3.72. The molecule has 1 aliphatic rings. The zero-order valence-corrected chi connectivity index (χ0v) is 11.5. The first-order valence-electron chi connectivity index (χ1n) is 6.57. The molecule has 1 fully saturated rings. The van der Waals surface area contributed by atoms with Gasteiger partial charge in [0.2, 0.25) is 0 Å². The Kier molecular flexibility index (Phi) is 4.25. The van der Waals surface area contributed by atoms with Crippen LogP contribution in [0.25, 0.3) is 0 Å². The van der Waals surface area contributed by atoms with E-state index in [9.17, 15) is 0 Å². The van der Waals surface area contributed by atoms with Crippen molar-refractivity contribution in [3.05, 3.63) is 29.8 Å². The van der Waals surface area contributed by atoms with Gasteiger partial charge in [-0.2, -0.15) is 0 Å². The predicted octanol–water partition coefficient (Wildman–Crippen LogP) is 2.39. The number of nitrogens with one attached hydrogen (secondary N) is 1. The quantitative estimate of drug-likeness (QED) is 0.889. The maximum Gasteiger partial charge on any atom is 0.119 e. The van der Waals surface area contributed by atoms with Gasteiger partial charge in [-0.05, 0) is 44.4 Å². The van der Waals surface area contributed by atoms with Crippen molar-refractivity contribution >= 4 is 0 Å². The van der Waals surface area contributed by atoms with Crippen LogP contribution in [0.3, 0.4) is 0 Å². The van der Waals surface area contributed by atoms with Gasteiger partial charge in [0.1, 0.15) is 5.75 Å². The molecule has 1 aromatic carbocycles. The van der Waals surface area contributed by atoms with Crippen LogP contribution in [0.4, 0.5) is 0 Å². The summed E-state index contributed by atoms with van der Waals surface area (Å²) in [7, 11) is 1.71. The Morgan fingerprint density at radius 3 is 3.00 bits per heavy atom. The van der Waals surface area contributed by atoms with Gasteiger partial charge in [-0.1, -0.05) is 12.1 Å². The van der Waals surface area contributed by atoms with Gasteiger partial charge in [-0.3, -0.25) is 0 Å². The molecule has 100 valence electrons. The molecule has 3 heteroatoms. The minimum Gasteiger partial charge on any atom is -0.497 e. The van der Waals surface area contributed by atoms with Gasteiger partial charge in [-0.25, -0.2) is 0 Å². The van der Waals surface area contributed by atoms with Crippen LogP contribution in [0.5, 0.6) is 5.75 Å². The van der Waals surface area contributed by atoms with Crippen molar-refractivity contribution in [3.8, 4) is 5.75 Å². The fourth-order valence-electron chi connectivity index (χ4n) is 2.42. The summed E-state index contributed by atoms with van der Waals surface area (Å²) >= 11 is 0. The number of methoxy groups -OCH3 is 1. The Morgan fingerprint density at radius 2 is 2.28 bits per heavy atom. The van der Waals surface area contributed by atoms with E-state index in [-0.39, 0.29) is 5.54 Å². The molecule has 0 aromatic heterocycles. The topological polar surface area (TPSA) is 30.5 Å². The third-order valence-corrected chi connectivity index (χ3v) is 3.29. The standard InChI is InChI=1S/C15H23NO2/c1-15(2)11-18-10-13(16-15)8-7-12-5-4-6-14(9-12)17-3/h4-6,9,13,16H,7-8,10-11H2,1-3H3. The second-order valence-electron chi connectivity index (χ2n) is 5.63. The van der Waals surface area contributed by atoms with Crippen LogP contribution in [-0.4, -0.2) is 31.9 Å². The summed E-state index contributed by atoms with van der Waals surface area (Å²) in [5.74, 6) is 0.931. The molecular weight excluding hydrogens is 226 g/mol. The Balaban J connectivity index is 1.87. The van der Waals surface area contributed by atoms with Gasteiger partial charge >= 0.3 is 0 Å². The highest BCUT2D eigenvalue weighted by molar-refractivity contribution is 5.28. The van der Waals surface area contributed by atoms with Crippen LogP contribution in [0.15, 0.2) is 24.3 Å². The Morgan fingerprint density at radius 1 is 1.44 bits per heavy atom. The molecule has 1 heterocycles. The highest BCUT2D eigenvalue weighted by atomic mass is 16.5. The molecule has 1 N–H and O–H groups in total. The van der Waals surface area contributed by atoms with Crippen molar-refractivity contribution in [1.29, 1.82) is 0 Å². The minimum atomic E-state index is 0.0945. The van der Waals surface area contributed by atoms with Gasteiger partial charge in [-0.15, -0.1) is 0 Å². The summed E-state index contributed by atoms with van der Waals surface area (Å²) in [4.78, 5) is 0. The zero-order chi connectivity index (χ0) is 13.0. The summed E-state index contributed by atoms with van der Waals surface area (Å²) in [5, 5.41) is 3.64. The van der Waals surface area contributed by atoms with Crippen molar-refractivity contribution in [2.75, 3.05) is 20.3 Å². The van der Waals surface area contributed by atoms with Crippen molar-refractivity contribution in [2.45, 2.75) is 38.3 Å². The molecule has 18 heavy (non-hydrogen) atoms. The van der Waals surface area contributed by atoms with E-state index in [1.807, 2.05) is 12.1 Å². The monoisotopic (exact) mass is 249 g/mol. The van der Waals surface area contributed by atoms with Crippen LogP contribution in [0, 0.1) is 0 Å². The molecule has 3 nitrogen and oxygen atoms in total. The lowest BCUT2D eigenvalue weighted by Crippen LogP contribution is -2.55. The molecule has 0 spiro atoms. The van der Waals surface area contributed by atoms with Gasteiger partial charge in [0.25, 0.3) is 0 Å². The summed E-state index contributed by atoms with van der Waals surface area (Å²) in [6, 6.07) is 8.73. The average molecular weight is 249 g/mol. The molecule has 0 amide bonds. The van der Waals surface area contributed by atoms with E-state index in [2.05, 4.69) is 31.3 Å². The fraction of sp³-hybridized carbons (Fsp3) is 0.600. The summed E-state index contributed by atoms with van der Waals surface area (Å²) in [6.07, 6.45) is 2.14. The molecule has 0 saturated carbocycles. The molecule has 1 atom stereocenters. The lowest BCUT2D eigenvalue weighted by Gasteiger charge is -2.37. The van der Waals surface area contributed by atoms with Crippen molar-refractivity contribution in [3.63, 3.8) is 0 Å². The van der Waals surface area contributed by atoms with E-state index in [0.29, 0.717) is 6.04 Å². The Hall–Kier alpha value is -1.06. The molecule has 1 unspecified atom stereocenters. The predicted molar refractivity (Wildman–Crippen MR) is 73.1 cm³/mol. The molecule has 0 bridgehead atoms. The van der Waals surface area contributed by atoms with Gasteiger partial charge in [0, 0.05) is 11.6 Å². The van der Waals surface area contributed by atoms with Crippen LogP contribution in [0.2, 0.25) is 0 Å². The lowest BCUT2D eigenvalue weighted by molar-refractivity contribution is 0.0113. The first-order valence-corrected chi connectivity index (χ1v) is 6.57. The number of benzene rings is 1. The molecule has 0 aliphatic carbocycles.